The molecule has 2 rings (SSSR count). The van der Waals surface area contributed by atoms with Gasteiger partial charge in [-0.15, -0.1) is 18.7 Å². The zero-order valence-electron chi connectivity index (χ0n) is 9.86. The Kier molecular flexibility index (Phi) is 7.23. The van der Waals surface area contributed by atoms with Crippen LogP contribution in [0.3, 0.4) is 0 Å². The van der Waals surface area contributed by atoms with Gasteiger partial charge in [0.1, 0.15) is 0 Å². The molecule has 1 atom stereocenters. The number of aromatic nitrogens is 2. The molecule has 6 heteroatoms. The summed E-state index contributed by atoms with van der Waals surface area (Å²) in [5.74, 6) is 0. The molecule has 1 aromatic rings. The van der Waals surface area contributed by atoms with Crippen molar-refractivity contribution in [3.05, 3.63) is 34.9 Å². The minimum atomic E-state index is 0.382. The first-order valence-electron chi connectivity index (χ1n) is 5.33. The topological polar surface area (TPSA) is 31.9 Å². The van der Waals surface area contributed by atoms with E-state index < -0.39 is 0 Å². The van der Waals surface area contributed by atoms with Crippen LogP contribution in [0, 0.1) is 13.8 Å². The summed E-state index contributed by atoms with van der Waals surface area (Å²) in [7, 11) is 9.47. The van der Waals surface area contributed by atoms with Gasteiger partial charge < -0.3 is 5.32 Å². The second kappa shape index (κ2) is 8.16. The normalized spacial score (nSPS) is 18.9. The molecule has 0 saturated carbocycles. The maximum absolute atomic E-state index is 4.73. The molecule has 0 amide bonds. The number of halogens is 2. The first-order chi connectivity index (χ1) is 8.17. The zero-order chi connectivity index (χ0) is 12.7. The Balaban J connectivity index is 0.000000437. The third kappa shape index (κ3) is 5.44. The van der Waals surface area contributed by atoms with Crippen LogP contribution in [0.4, 0.5) is 0 Å². The Bertz CT molecular complexity index is 366. The van der Waals surface area contributed by atoms with E-state index in [2.05, 4.69) is 40.2 Å². The average molecular weight is 320 g/mol. The second-order valence-electron chi connectivity index (χ2n) is 3.88. The van der Waals surface area contributed by atoms with Gasteiger partial charge in [-0.25, -0.2) is 0 Å². The quantitative estimate of drug-likeness (QED) is 0.767. The van der Waals surface area contributed by atoms with E-state index in [9.17, 15) is 0 Å². The molecular weight excluding hydrogens is 304 g/mol. The Morgan fingerprint density at radius 3 is 2.65 bits per heavy atom. The molecule has 2 heterocycles. The van der Waals surface area contributed by atoms with Crippen LogP contribution in [-0.4, -0.2) is 22.4 Å². The van der Waals surface area contributed by atoms with Crippen LogP contribution < -0.4 is 0 Å². The van der Waals surface area contributed by atoms with E-state index in [1.165, 1.54) is 5.69 Å². The molecule has 0 bridgehead atoms. The molecule has 1 aliphatic rings. The number of hydrogen-bond acceptors (Lipinski definition) is 1. The van der Waals surface area contributed by atoms with Crippen LogP contribution in [-0.2, 0) is 19.4 Å². The number of rotatable bonds is 2. The molecule has 0 aliphatic carbocycles. The van der Waals surface area contributed by atoms with E-state index in [1.54, 1.807) is 0 Å². The van der Waals surface area contributed by atoms with Gasteiger partial charge in [-0.1, -0.05) is 6.08 Å². The number of hydrogen-bond donors (Lipinski definition) is 0. The monoisotopic (exact) mass is 319 g/mol. The van der Waals surface area contributed by atoms with Crippen molar-refractivity contribution in [3.63, 3.8) is 0 Å². The molecule has 3 nitrogen and oxygen atoms in total. The first-order valence-corrected chi connectivity index (χ1v) is 8.20. The summed E-state index contributed by atoms with van der Waals surface area (Å²) >= 11 is 0.382. The Labute approximate surface area is 117 Å². The van der Waals surface area contributed by atoms with E-state index in [4.69, 9.17) is 20.3 Å². The van der Waals surface area contributed by atoms with Crippen LogP contribution in [0.5, 0.6) is 0 Å². The van der Waals surface area contributed by atoms with Gasteiger partial charge in [0.05, 0.1) is 5.69 Å². The predicted octanol–water partition coefficient (Wildman–Crippen LogP) is 3.58. The van der Waals surface area contributed by atoms with Crippen molar-refractivity contribution in [1.29, 1.82) is 0 Å². The second-order valence-corrected chi connectivity index (χ2v) is 5.60. The van der Waals surface area contributed by atoms with Crippen molar-refractivity contribution < 1.29 is 12.9 Å². The maximum atomic E-state index is 4.73. The molecule has 1 aliphatic heterocycles. The summed E-state index contributed by atoms with van der Waals surface area (Å²) in [6.45, 7) is 5.91. The fourth-order valence-electron chi connectivity index (χ4n) is 1.80. The van der Waals surface area contributed by atoms with Crippen molar-refractivity contribution in [3.8, 4) is 0 Å². The summed E-state index contributed by atoms with van der Waals surface area (Å²) in [4.78, 5) is 0. The van der Waals surface area contributed by atoms with Crippen molar-refractivity contribution in [2.24, 2.45) is 0 Å². The Morgan fingerprint density at radius 2 is 2.18 bits per heavy atom. The molecule has 0 N–H and O–H groups in total. The van der Waals surface area contributed by atoms with Crippen LogP contribution in [0.1, 0.15) is 17.8 Å². The first kappa shape index (κ1) is 15.1. The summed E-state index contributed by atoms with van der Waals surface area (Å²) < 4.78 is 2.06. The summed E-state index contributed by atoms with van der Waals surface area (Å²) in [5, 5.41) is 8.96. The summed E-state index contributed by atoms with van der Waals surface area (Å²) in [5.41, 5.74) is 2.32. The Morgan fingerprint density at radius 1 is 1.47 bits per heavy atom. The molecule has 0 aromatic carbocycles. The third-order valence-electron chi connectivity index (χ3n) is 2.53. The average Bonchev–Trinajstić information content (AvgIpc) is 2.60. The van der Waals surface area contributed by atoms with Crippen LogP contribution in [0.15, 0.2) is 18.2 Å². The van der Waals surface area contributed by atoms with E-state index in [1.807, 2.05) is 6.92 Å². The summed E-state index contributed by atoms with van der Waals surface area (Å²) in [6, 6.07) is 2.52. The standard InChI is InChI=1S/C11H16N3.2ClH.Co/c1-9-7-10(2)14(13-9)8-11-5-3-4-6-12-11;;;/h3-4,7,11H,5-6,8H2,1-2H3;2*1H;/q-1;;;+3/p-2. The van der Waals surface area contributed by atoms with Gasteiger partial charge >= 0.3 is 33.2 Å². The summed E-state index contributed by atoms with van der Waals surface area (Å²) in [6.07, 6.45) is 5.39. The van der Waals surface area contributed by atoms with Gasteiger partial charge in [0.2, 0.25) is 0 Å². The molecular formula is C11H16Cl2CoN3. The predicted molar refractivity (Wildman–Crippen MR) is 69.2 cm³/mol. The van der Waals surface area contributed by atoms with Gasteiger partial charge in [0, 0.05) is 12.2 Å². The molecule has 1 unspecified atom stereocenters. The molecule has 98 valence electrons. The molecule has 0 fully saturated rings. The SMILES string of the molecule is Cc1cc(C)n(CC2CC=CC[N-]2)n1.[Cl][Co+][Cl]. The van der Waals surface area contributed by atoms with Gasteiger partial charge in [-0.3, -0.25) is 4.68 Å². The van der Waals surface area contributed by atoms with Crippen LogP contribution >= 0.6 is 20.3 Å². The van der Waals surface area contributed by atoms with Crippen LogP contribution in [0.2, 0.25) is 0 Å². The van der Waals surface area contributed by atoms with Crippen LogP contribution in [0.25, 0.3) is 5.32 Å². The van der Waals surface area contributed by atoms with E-state index in [-0.39, 0.29) is 0 Å². The fourth-order valence-corrected chi connectivity index (χ4v) is 1.80. The van der Waals surface area contributed by atoms with Gasteiger partial charge in [0.15, 0.2) is 0 Å². The van der Waals surface area contributed by atoms with Gasteiger partial charge in [0.25, 0.3) is 0 Å². The number of aryl methyl sites for hydroxylation is 2. The molecule has 0 spiro atoms. The fraction of sp³-hybridized carbons (Fsp3) is 0.545. The van der Waals surface area contributed by atoms with Crippen molar-refractivity contribution >= 4 is 20.3 Å². The molecule has 0 radical (unpaired) electrons. The zero-order valence-corrected chi connectivity index (χ0v) is 12.4. The van der Waals surface area contributed by atoms with Gasteiger partial charge in [-0.2, -0.15) is 5.10 Å². The van der Waals surface area contributed by atoms with Crippen molar-refractivity contribution in [1.82, 2.24) is 9.78 Å². The minimum absolute atomic E-state index is 0.382. The Hall–Kier alpha value is -0.00351. The molecule has 17 heavy (non-hydrogen) atoms. The molecule has 1 aromatic heterocycles. The van der Waals surface area contributed by atoms with E-state index in [0.717, 1.165) is 25.2 Å². The molecule has 0 saturated heterocycles. The van der Waals surface area contributed by atoms with Crippen molar-refractivity contribution in [2.75, 3.05) is 6.54 Å². The third-order valence-corrected chi connectivity index (χ3v) is 2.53. The van der Waals surface area contributed by atoms with E-state index >= 15 is 0 Å². The van der Waals surface area contributed by atoms with Gasteiger partial charge in [-0.05, 0) is 26.3 Å². The number of nitrogens with zero attached hydrogens (tertiary/aromatic N) is 3. The van der Waals surface area contributed by atoms with Crippen molar-refractivity contribution in [2.45, 2.75) is 32.9 Å². The van der Waals surface area contributed by atoms with E-state index in [0.29, 0.717) is 18.9 Å².